The van der Waals surface area contributed by atoms with Gasteiger partial charge in [0.25, 0.3) is 0 Å². The second-order valence-corrected chi connectivity index (χ2v) is 4.45. The molecule has 88 valence electrons. The SMILES string of the molecule is CCN1CCN(c2cccc(C)c2Cl)CN1. The monoisotopic (exact) mass is 239 g/mol. The maximum absolute atomic E-state index is 6.31. The number of benzene rings is 1. The first-order valence-electron chi connectivity index (χ1n) is 5.71. The second-order valence-electron chi connectivity index (χ2n) is 4.07. The Bertz CT molecular complexity index is 359. The first-order chi connectivity index (χ1) is 7.72. The van der Waals surface area contributed by atoms with Crippen LogP contribution in [0.3, 0.4) is 0 Å². The molecular formula is C12H18ClN3. The zero-order valence-corrected chi connectivity index (χ0v) is 10.6. The number of nitrogens with zero attached hydrogens (tertiary/aromatic N) is 2. The number of nitrogens with one attached hydrogen (secondary N) is 1. The summed E-state index contributed by atoms with van der Waals surface area (Å²) in [7, 11) is 0. The van der Waals surface area contributed by atoms with E-state index in [1.807, 2.05) is 13.0 Å². The molecule has 3 nitrogen and oxygen atoms in total. The van der Waals surface area contributed by atoms with Crippen LogP contribution in [0.2, 0.25) is 5.02 Å². The van der Waals surface area contributed by atoms with Gasteiger partial charge in [-0.3, -0.25) is 0 Å². The molecule has 1 saturated heterocycles. The van der Waals surface area contributed by atoms with Gasteiger partial charge >= 0.3 is 0 Å². The van der Waals surface area contributed by atoms with Crippen LogP contribution in [0.4, 0.5) is 5.69 Å². The summed E-state index contributed by atoms with van der Waals surface area (Å²) in [6.07, 6.45) is 0. The third-order valence-corrected chi connectivity index (χ3v) is 3.51. The first-order valence-corrected chi connectivity index (χ1v) is 6.08. The molecule has 0 aromatic heterocycles. The lowest BCUT2D eigenvalue weighted by atomic mass is 10.2. The van der Waals surface area contributed by atoms with Gasteiger partial charge in [0.15, 0.2) is 0 Å². The van der Waals surface area contributed by atoms with E-state index in [9.17, 15) is 0 Å². The van der Waals surface area contributed by atoms with Crippen molar-refractivity contribution in [1.29, 1.82) is 0 Å². The van der Waals surface area contributed by atoms with E-state index in [1.54, 1.807) is 0 Å². The van der Waals surface area contributed by atoms with Gasteiger partial charge < -0.3 is 4.90 Å². The molecule has 0 atom stereocenters. The Kier molecular flexibility index (Phi) is 3.69. The van der Waals surface area contributed by atoms with Gasteiger partial charge in [0.1, 0.15) is 0 Å². The van der Waals surface area contributed by atoms with Crippen molar-refractivity contribution in [1.82, 2.24) is 10.4 Å². The molecule has 4 heteroatoms. The summed E-state index contributed by atoms with van der Waals surface area (Å²) in [5, 5.41) is 3.09. The number of hydrogen-bond acceptors (Lipinski definition) is 3. The van der Waals surface area contributed by atoms with Crippen LogP contribution in [0.15, 0.2) is 18.2 Å². The molecule has 1 aromatic rings. The van der Waals surface area contributed by atoms with Crippen molar-refractivity contribution < 1.29 is 0 Å². The zero-order valence-electron chi connectivity index (χ0n) is 9.83. The highest BCUT2D eigenvalue weighted by molar-refractivity contribution is 6.34. The Labute approximate surface area is 102 Å². The van der Waals surface area contributed by atoms with Gasteiger partial charge in [0, 0.05) is 19.6 Å². The van der Waals surface area contributed by atoms with Gasteiger partial charge in [0.2, 0.25) is 0 Å². The number of anilines is 1. The van der Waals surface area contributed by atoms with Gasteiger partial charge in [-0.05, 0) is 18.6 Å². The van der Waals surface area contributed by atoms with Crippen molar-refractivity contribution >= 4 is 17.3 Å². The molecule has 2 rings (SSSR count). The normalized spacial score (nSPS) is 17.8. The van der Waals surface area contributed by atoms with Crippen molar-refractivity contribution in [3.63, 3.8) is 0 Å². The first kappa shape index (κ1) is 11.7. The summed E-state index contributed by atoms with van der Waals surface area (Å²) < 4.78 is 0. The Morgan fingerprint density at radius 2 is 2.19 bits per heavy atom. The molecular weight excluding hydrogens is 222 g/mol. The molecule has 0 bridgehead atoms. The lowest BCUT2D eigenvalue weighted by molar-refractivity contribution is 0.175. The van der Waals surface area contributed by atoms with Gasteiger partial charge in [-0.1, -0.05) is 30.7 Å². The summed E-state index contributed by atoms with van der Waals surface area (Å²) in [6.45, 7) is 8.11. The van der Waals surface area contributed by atoms with Crippen molar-refractivity contribution in [2.75, 3.05) is 31.2 Å². The Hall–Kier alpha value is -0.770. The van der Waals surface area contributed by atoms with Gasteiger partial charge in [-0.25, -0.2) is 10.4 Å². The smallest absolute Gasteiger partial charge is 0.0814 e. The molecule has 1 N–H and O–H groups in total. The summed E-state index contributed by atoms with van der Waals surface area (Å²) >= 11 is 6.31. The zero-order chi connectivity index (χ0) is 11.5. The molecule has 1 heterocycles. The molecule has 16 heavy (non-hydrogen) atoms. The third-order valence-electron chi connectivity index (χ3n) is 3.02. The minimum Gasteiger partial charge on any atom is -0.355 e. The second kappa shape index (κ2) is 5.04. The molecule has 1 aliphatic heterocycles. The van der Waals surface area contributed by atoms with Crippen LogP contribution in [-0.2, 0) is 0 Å². The molecule has 0 saturated carbocycles. The van der Waals surface area contributed by atoms with Crippen LogP contribution < -0.4 is 10.3 Å². The molecule has 1 aromatic carbocycles. The molecule has 0 spiro atoms. The summed E-state index contributed by atoms with van der Waals surface area (Å²) in [5.41, 5.74) is 5.63. The average Bonchev–Trinajstić information content (AvgIpc) is 2.33. The van der Waals surface area contributed by atoms with Crippen LogP contribution in [0.1, 0.15) is 12.5 Å². The predicted molar refractivity (Wildman–Crippen MR) is 68.8 cm³/mol. The predicted octanol–water partition coefficient (Wildman–Crippen LogP) is 2.25. The highest BCUT2D eigenvalue weighted by Gasteiger charge is 2.17. The summed E-state index contributed by atoms with van der Waals surface area (Å²) in [4.78, 5) is 2.28. The molecule has 0 aliphatic carbocycles. The van der Waals surface area contributed by atoms with E-state index in [0.717, 1.165) is 42.6 Å². The molecule has 0 radical (unpaired) electrons. The minimum absolute atomic E-state index is 0.830. The fourth-order valence-electron chi connectivity index (χ4n) is 1.94. The fourth-order valence-corrected chi connectivity index (χ4v) is 2.18. The number of halogens is 1. The summed E-state index contributed by atoms with van der Waals surface area (Å²) in [6, 6.07) is 6.18. The molecule has 0 amide bonds. The minimum atomic E-state index is 0.830. The van der Waals surface area contributed by atoms with E-state index >= 15 is 0 Å². The highest BCUT2D eigenvalue weighted by Crippen LogP contribution is 2.28. The largest absolute Gasteiger partial charge is 0.355 e. The van der Waals surface area contributed by atoms with Crippen molar-refractivity contribution in [3.05, 3.63) is 28.8 Å². The topological polar surface area (TPSA) is 18.5 Å². The van der Waals surface area contributed by atoms with Crippen molar-refractivity contribution in [2.24, 2.45) is 0 Å². The van der Waals surface area contributed by atoms with E-state index in [-0.39, 0.29) is 0 Å². The maximum Gasteiger partial charge on any atom is 0.0814 e. The Balaban J connectivity index is 2.11. The van der Waals surface area contributed by atoms with E-state index in [0.29, 0.717) is 0 Å². The van der Waals surface area contributed by atoms with Crippen molar-refractivity contribution in [3.8, 4) is 0 Å². The van der Waals surface area contributed by atoms with E-state index < -0.39 is 0 Å². The summed E-state index contributed by atoms with van der Waals surface area (Å²) in [5.74, 6) is 0. The molecule has 0 unspecified atom stereocenters. The lowest BCUT2D eigenvalue weighted by Gasteiger charge is -2.36. The number of aryl methyl sites for hydroxylation is 1. The lowest BCUT2D eigenvalue weighted by Crippen LogP contribution is -2.54. The van der Waals surface area contributed by atoms with Gasteiger partial charge in [-0.2, -0.15) is 0 Å². The number of rotatable bonds is 2. The number of likely N-dealkylation sites (N-methyl/N-ethyl adjacent to an activating group) is 1. The maximum atomic E-state index is 6.31. The number of hydrazine groups is 1. The Morgan fingerprint density at radius 1 is 1.38 bits per heavy atom. The van der Waals surface area contributed by atoms with E-state index in [1.165, 1.54) is 0 Å². The van der Waals surface area contributed by atoms with Crippen LogP contribution in [0.5, 0.6) is 0 Å². The average molecular weight is 240 g/mol. The highest BCUT2D eigenvalue weighted by atomic mass is 35.5. The van der Waals surface area contributed by atoms with E-state index in [4.69, 9.17) is 11.6 Å². The third kappa shape index (κ3) is 2.32. The van der Waals surface area contributed by atoms with Crippen LogP contribution in [0.25, 0.3) is 0 Å². The Morgan fingerprint density at radius 3 is 2.81 bits per heavy atom. The quantitative estimate of drug-likeness (QED) is 0.854. The van der Waals surface area contributed by atoms with Crippen LogP contribution in [-0.4, -0.2) is 31.3 Å². The van der Waals surface area contributed by atoms with E-state index in [2.05, 4.69) is 34.4 Å². The van der Waals surface area contributed by atoms with Crippen LogP contribution in [0, 0.1) is 6.92 Å². The standard InChI is InChI=1S/C12H18ClN3/c1-3-16-8-7-15(9-14-16)11-6-4-5-10(2)12(11)13/h4-6,14H,3,7-9H2,1-2H3. The fraction of sp³-hybridized carbons (Fsp3) is 0.500. The number of hydrogen-bond donors (Lipinski definition) is 1. The van der Waals surface area contributed by atoms with Gasteiger partial charge in [-0.15, -0.1) is 0 Å². The molecule has 1 fully saturated rings. The van der Waals surface area contributed by atoms with Crippen molar-refractivity contribution in [2.45, 2.75) is 13.8 Å². The van der Waals surface area contributed by atoms with Gasteiger partial charge in [0.05, 0.1) is 17.4 Å². The molecule has 1 aliphatic rings. The van der Waals surface area contributed by atoms with Crippen LogP contribution >= 0.6 is 11.6 Å².